The van der Waals surface area contributed by atoms with Crippen LogP contribution in [0.15, 0.2) is 18.2 Å². The van der Waals surface area contributed by atoms with E-state index < -0.39 is 23.2 Å². The molecule has 0 radical (unpaired) electrons. The molecule has 0 bridgehead atoms. The first kappa shape index (κ1) is 20.8. The van der Waals surface area contributed by atoms with Gasteiger partial charge in [-0.15, -0.1) is 0 Å². The summed E-state index contributed by atoms with van der Waals surface area (Å²) in [6.45, 7) is 6.77. The molecule has 2 aliphatic rings. The number of carbonyl (C=O) groups excluding carboxylic acids is 2. The second kappa shape index (κ2) is 8.19. The van der Waals surface area contributed by atoms with Crippen molar-refractivity contribution >= 4 is 11.9 Å². The molecule has 7 heteroatoms. The number of carbonyl (C=O) groups is 2. The topological polar surface area (TPSA) is 85.3 Å². The minimum Gasteiger partial charge on any atom is -0.464 e. The lowest BCUT2D eigenvalue weighted by Gasteiger charge is -2.44. The molecular weight excluding hydrogens is 362 g/mol. The summed E-state index contributed by atoms with van der Waals surface area (Å²) in [6, 6.07) is 5.78. The summed E-state index contributed by atoms with van der Waals surface area (Å²) in [4.78, 5) is 25.7. The minimum absolute atomic E-state index is 0.0221. The van der Waals surface area contributed by atoms with Crippen LogP contribution in [-0.2, 0) is 30.2 Å². The minimum atomic E-state index is -1.41. The van der Waals surface area contributed by atoms with Gasteiger partial charge in [-0.3, -0.25) is 10.0 Å². The number of ether oxygens (including phenoxy) is 3. The zero-order chi connectivity index (χ0) is 20.4. The van der Waals surface area contributed by atoms with Crippen molar-refractivity contribution in [3.05, 3.63) is 34.9 Å². The highest BCUT2D eigenvalue weighted by Crippen LogP contribution is 2.43. The van der Waals surface area contributed by atoms with Crippen molar-refractivity contribution in [1.29, 1.82) is 0 Å². The highest BCUT2D eigenvalue weighted by Gasteiger charge is 2.55. The molecule has 1 amide bonds. The fraction of sp³-hybridized carbons (Fsp3) is 0.619. The van der Waals surface area contributed by atoms with Crippen LogP contribution in [0, 0.1) is 13.8 Å². The molecule has 0 aromatic heterocycles. The summed E-state index contributed by atoms with van der Waals surface area (Å²) in [5.74, 6) is -1.82. The largest absolute Gasteiger partial charge is 0.464 e. The molecule has 1 N–H and O–H groups in total. The zero-order valence-corrected chi connectivity index (χ0v) is 16.8. The van der Waals surface area contributed by atoms with E-state index in [1.54, 1.807) is 6.92 Å². The van der Waals surface area contributed by atoms with Gasteiger partial charge >= 0.3 is 5.97 Å². The fourth-order valence-electron chi connectivity index (χ4n) is 4.19. The predicted molar refractivity (Wildman–Crippen MR) is 101 cm³/mol. The van der Waals surface area contributed by atoms with Gasteiger partial charge in [-0.1, -0.05) is 18.2 Å². The number of esters is 1. The van der Waals surface area contributed by atoms with Gasteiger partial charge in [-0.25, -0.2) is 9.86 Å². The fourth-order valence-corrected chi connectivity index (χ4v) is 4.19. The maximum Gasteiger partial charge on any atom is 0.334 e. The number of amides is 1. The number of hydrogen-bond acceptors (Lipinski definition) is 6. The quantitative estimate of drug-likeness (QED) is 0.472. The number of benzene rings is 1. The molecule has 1 saturated heterocycles. The number of rotatable bonds is 5. The Morgan fingerprint density at radius 3 is 2.21 bits per heavy atom. The Morgan fingerprint density at radius 1 is 1.11 bits per heavy atom. The Morgan fingerprint density at radius 2 is 1.68 bits per heavy atom. The summed E-state index contributed by atoms with van der Waals surface area (Å²) in [5, 5.41) is 11.5. The van der Waals surface area contributed by atoms with Gasteiger partial charge < -0.3 is 14.2 Å². The standard InChI is InChI=1S/C21H29NO6/c1-4-26-19(24)20(8-10-21(11-9-20)27-12-13-28-21)22(25)18(23)14-17-15(2)6-5-7-16(17)3/h5-7,25H,4,8-14H2,1-3H3. The molecule has 1 aliphatic heterocycles. The molecular formula is C21H29NO6. The van der Waals surface area contributed by atoms with Crippen molar-refractivity contribution in [2.75, 3.05) is 19.8 Å². The molecule has 1 spiro atoms. The average molecular weight is 391 g/mol. The third-order valence-electron chi connectivity index (χ3n) is 5.92. The van der Waals surface area contributed by atoms with Gasteiger partial charge in [0.1, 0.15) is 0 Å². The van der Waals surface area contributed by atoms with Crippen LogP contribution < -0.4 is 0 Å². The van der Waals surface area contributed by atoms with E-state index in [1.165, 1.54) is 0 Å². The van der Waals surface area contributed by atoms with E-state index in [-0.39, 0.29) is 25.9 Å². The molecule has 1 aromatic carbocycles. The van der Waals surface area contributed by atoms with Crippen LogP contribution in [0.1, 0.15) is 49.3 Å². The van der Waals surface area contributed by atoms with Crippen molar-refractivity contribution in [2.45, 2.75) is 64.2 Å². The lowest BCUT2D eigenvalue weighted by atomic mass is 9.78. The third-order valence-corrected chi connectivity index (χ3v) is 5.92. The molecule has 1 saturated carbocycles. The zero-order valence-electron chi connectivity index (χ0n) is 16.8. The normalized spacial score (nSPS) is 20.1. The number of hydroxylamine groups is 2. The van der Waals surface area contributed by atoms with Gasteiger partial charge in [0, 0.05) is 12.8 Å². The second-order valence-corrected chi connectivity index (χ2v) is 7.61. The first-order valence-electron chi connectivity index (χ1n) is 9.86. The molecule has 3 rings (SSSR count). The van der Waals surface area contributed by atoms with E-state index in [9.17, 15) is 14.8 Å². The number of aryl methyl sites for hydroxylation is 2. The molecule has 0 atom stereocenters. The molecule has 0 unspecified atom stereocenters. The molecule has 1 aliphatic carbocycles. The SMILES string of the molecule is CCOC(=O)C1(N(O)C(=O)Cc2c(C)cccc2C)CCC2(CC1)OCCO2. The molecule has 7 nitrogen and oxygen atoms in total. The Hall–Kier alpha value is -1.96. The monoisotopic (exact) mass is 391 g/mol. The summed E-state index contributed by atoms with van der Waals surface area (Å²) in [6.07, 6.45) is 1.30. The van der Waals surface area contributed by atoms with Gasteiger partial charge in [-0.2, -0.15) is 0 Å². The Labute approximate surface area is 165 Å². The summed E-state index contributed by atoms with van der Waals surface area (Å²) in [7, 11) is 0. The van der Waals surface area contributed by atoms with Gasteiger partial charge in [0.05, 0.1) is 26.2 Å². The van der Waals surface area contributed by atoms with Crippen molar-refractivity contribution in [2.24, 2.45) is 0 Å². The molecule has 2 fully saturated rings. The Kier molecular flexibility index (Phi) is 6.07. The average Bonchev–Trinajstić information content (AvgIpc) is 3.13. The van der Waals surface area contributed by atoms with Gasteiger partial charge in [0.2, 0.25) is 0 Å². The number of hydrogen-bond donors (Lipinski definition) is 1. The van der Waals surface area contributed by atoms with Crippen LogP contribution in [-0.4, -0.2) is 53.3 Å². The highest BCUT2D eigenvalue weighted by molar-refractivity contribution is 5.88. The molecule has 28 heavy (non-hydrogen) atoms. The third kappa shape index (κ3) is 3.79. The van der Waals surface area contributed by atoms with Gasteiger partial charge in [-0.05, 0) is 50.3 Å². The summed E-state index contributed by atoms with van der Waals surface area (Å²) < 4.78 is 16.7. The van der Waals surface area contributed by atoms with Crippen LogP contribution in [0.25, 0.3) is 0 Å². The van der Waals surface area contributed by atoms with Crippen LogP contribution in [0.2, 0.25) is 0 Å². The van der Waals surface area contributed by atoms with Crippen molar-refractivity contribution in [3.63, 3.8) is 0 Å². The Balaban J connectivity index is 1.82. The van der Waals surface area contributed by atoms with E-state index in [0.29, 0.717) is 31.1 Å². The molecule has 154 valence electrons. The first-order chi connectivity index (χ1) is 13.3. The smallest absolute Gasteiger partial charge is 0.334 e. The van der Waals surface area contributed by atoms with E-state index in [4.69, 9.17) is 14.2 Å². The van der Waals surface area contributed by atoms with Crippen molar-refractivity contribution in [1.82, 2.24) is 5.06 Å². The van der Waals surface area contributed by atoms with Crippen LogP contribution in [0.4, 0.5) is 0 Å². The molecule has 1 aromatic rings. The van der Waals surface area contributed by atoms with E-state index in [1.807, 2.05) is 32.0 Å². The van der Waals surface area contributed by atoms with E-state index in [2.05, 4.69) is 0 Å². The molecule has 1 heterocycles. The highest BCUT2D eigenvalue weighted by atomic mass is 16.7. The summed E-state index contributed by atoms with van der Waals surface area (Å²) >= 11 is 0. The van der Waals surface area contributed by atoms with E-state index in [0.717, 1.165) is 16.7 Å². The van der Waals surface area contributed by atoms with E-state index >= 15 is 0 Å². The first-order valence-corrected chi connectivity index (χ1v) is 9.86. The van der Waals surface area contributed by atoms with Crippen molar-refractivity contribution in [3.8, 4) is 0 Å². The summed E-state index contributed by atoms with van der Waals surface area (Å²) in [5.41, 5.74) is 1.40. The van der Waals surface area contributed by atoms with Gasteiger partial charge in [0.15, 0.2) is 11.3 Å². The van der Waals surface area contributed by atoms with Crippen LogP contribution in [0.5, 0.6) is 0 Å². The second-order valence-electron chi connectivity index (χ2n) is 7.61. The number of nitrogens with zero attached hydrogens (tertiary/aromatic N) is 1. The van der Waals surface area contributed by atoms with Crippen molar-refractivity contribution < 1.29 is 29.0 Å². The lowest BCUT2D eigenvalue weighted by Crippen LogP contribution is -2.60. The van der Waals surface area contributed by atoms with Gasteiger partial charge in [0.25, 0.3) is 5.91 Å². The maximum atomic E-state index is 12.9. The van der Waals surface area contributed by atoms with Crippen LogP contribution in [0.3, 0.4) is 0 Å². The van der Waals surface area contributed by atoms with Crippen LogP contribution >= 0.6 is 0 Å². The maximum absolute atomic E-state index is 12.9. The Bertz CT molecular complexity index is 710. The predicted octanol–water partition coefficient (Wildman–Crippen LogP) is 2.68. The lowest BCUT2D eigenvalue weighted by molar-refractivity contribution is -0.238.